The van der Waals surface area contributed by atoms with Gasteiger partial charge in [-0.2, -0.15) is 5.10 Å². The Labute approximate surface area is 130 Å². The molecule has 2 aromatic rings. The molecule has 0 bridgehead atoms. The summed E-state index contributed by atoms with van der Waals surface area (Å²) in [6, 6.07) is 8.12. The van der Waals surface area contributed by atoms with Crippen molar-refractivity contribution in [2.45, 2.75) is 32.7 Å². The number of hydrogen-bond acceptors (Lipinski definition) is 3. The summed E-state index contributed by atoms with van der Waals surface area (Å²) in [5.74, 6) is 0.476. The number of carbonyl (C=O) groups is 1. The van der Waals surface area contributed by atoms with Gasteiger partial charge in [-0.1, -0.05) is 12.1 Å². The third-order valence-corrected chi connectivity index (χ3v) is 4.23. The van der Waals surface area contributed by atoms with E-state index in [1.165, 1.54) is 12.8 Å². The molecule has 1 aromatic heterocycles. The molecule has 1 aliphatic rings. The monoisotopic (exact) mass is 298 g/mol. The maximum Gasteiger partial charge on any atom is 0.254 e. The lowest BCUT2D eigenvalue weighted by Gasteiger charge is -2.11. The van der Waals surface area contributed by atoms with E-state index in [2.05, 4.69) is 10.4 Å². The van der Waals surface area contributed by atoms with Crippen LogP contribution in [0.25, 0.3) is 5.69 Å². The van der Waals surface area contributed by atoms with E-state index in [4.69, 9.17) is 5.73 Å². The second-order valence-corrected chi connectivity index (χ2v) is 6.11. The molecule has 1 atom stereocenters. The van der Waals surface area contributed by atoms with Crippen LogP contribution in [-0.2, 0) is 0 Å². The van der Waals surface area contributed by atoms with Crippen LogP contribution in [0.2, 0.25) is 0 Å². The summed E-state index contributed by atoms with van der Waals surface area (Å²) in [6.07, 6.45) is 3.98. The Bertz CT molecular complexity index is 688. The van der Waals surface area contributed by atoms with Crippen molar-refractivity contribution in [1.29, 1.82) is 0 Å². The Morgan fingerprint density at radius 3 is 2.91 bits per heavy atom. The minimum atomic E-state index is -0.104. The predicted octanol–water partition coefficient (Wildman–Crippen LogP) is 1.96. The molecule has 22 heavy (non-hydrogen) atoms. The average molecular weight is 298 g/mol. The van der Waals surface area contributed by atoms with E-state index in [9.17, 15) is 4.79 Å². The molecule has 0 radical (unpaired) electrons. The van der Waals surface area contributed by atoms with Crippen LogP contribution in [0.1, 0.15) is 34.5 Å². The zero-order valence-electron chi connectivity index (χ0n) is 13.0. The van der Waals surface area contributed by atoms with Gasteiger partial charge < -0.3 is 11.1 Å². The van der Waals surface area contributed by atoms with Gasteiger partial charge in [0.05, 0.1) is 23.1 Å². The van der Waals surface area contributed by atoms with E-state index in [0.29, 0.717) is 18.0 Å². The van der Waals surface area contributed by atoms with Crippen molar-refractivity contribution in [1.82, 2.24) is 15.1 Å². The number of carbonyl (C=O) groups excluding carboxylic acids is 1. The maximum atomic E-state index is 12.3. The highest BCUT2D eigenvalue weighted by Crippen LogP contribution is 2.31. The molecule has 0 spiro atoms. The molecular weight excluding hydrogens is 276 g/mol. The topological polar surface area (TPSA) is 72.9 Å². The fourth-order valence-electron chi connectivity index (χ4n) is 2.65. The van der Waals surface area contributed by atoms with Crippen LogP contribution in [0.5, 0.6) is 0 Å². The summed E-state index contributed by atoms with van der Waals surface area (Å²) in [4.78, 5) is 12.3. The van der Waals surface area contributed by atoms with E-state index < -0.39 is 0 Å². The van der Waals surface area contributed by atoms with Gasteiger partial charge in [-0.25, -0.2) is 4.68 Å². The summed E-state index contributed by atoms with van der Waals surface area (Å²) < 4.78 is 1.79. The lowest BCUT2D eigenvalue weighted by atomic mass is 10.2. The highest BCUT2D eigenvalue weighted by Gasteiger charge is 2.28. The van der Waals surface area contributed by atoms with Gasteiger partial charge >= 0.3 is 0 Å². The second kappa shape index (κ2) is 5.93. The second-order valence-electron chi connectivity index (χ2n) is 6.11. The Kier molecular flexibility index (Phi) is 3.98. The van der Waals surface area contributed by atoms with E-state index >= 15 is 0 Å². The molecule has 1 aliphatic carbocycles. The molecule has 3 rings (SSSR count). The van der Waals surface area contributed by atoms with Crippen LogP contribution in [0.3, 0.4) is 0 Å². The number of aromatic nitrogens is 2. The zero-order chi connectivity index (χ0) is 15.7. The van der Waals surface area contributed by atoms with E-state index in [1.54, 1.807) is 10.9 Å². The number of amides is 1. The predicted molar refractivity (Wildman–Crippen MR) is 86.1 cm³/mol. The molecule has 5 nitrogen and oxygen atoms in total. The van der Waals surface area contributed by atoms with Gasteiger partial charge in [0, 0.05) is 12.6 Å². The fourth-order valence-corrected chi connectivity index (χ4v) is 2.65. The van der Waals surface area contributed by atoms with Crippen LogP contribution >= 0.6 is 0 Å². The van der Waals surface area contributed by atoms with Gasteiger partial charge in [-0.3, -0.25) is 4.79 Å². The van der Waals surface area contributed by atoms with Crippen molar-refractivity contribution in [3.63, 3.8) is 0 Å². The Hall–Kier alpha value is -2.14. The maximum absolute atomic E-state index is 12.3. The van der Waals surface area contributed by atoms with Gasteiger partial charge in [0.1, 0.15) is 0 Å². The first-order valence-corrected chi connectivity index (χ1v) is 7.71. The third-order valence-electron chi connectivity index (χ3n) is 4.23. The summed E-state index contributed by atoms with van der Waals surface area (Å²) >= 11 is 0. The first-order chi connectivity index (χ1) is 10.6. The molecule has 1 heterocycles. The molecule has 3 N–H and O–H groups in total. The van der Waals surface area contributed by atoms with Crippen LogP contribution < -0.4 is 11.1 Å². The van der Waals surface area contributed by atoms with Gasteiger partial charge in [0.2, 0.25) is 0 Å². The highest BCUT2D eigenvalue weighted by atomic mass is 16.1. The van der Waals surface area contributed by atoms with Crippen molar-refractivity contribution >= 4 is 5.91 Å². The Balaban J connectivity index is 1.73. The zero-order valence-corrected chi connectivity index (χ0v) is 13.0. The molecule has 1 unspecified atom stereocenters. The number of aryl methyl sites for hydroxylation is 1. The molecule has 1 fully saturated rings. The van der Waals surface area contributed by atoms with E-state index in [-0.39, 0.29) is 11.9 Å². The number of benzene rings is 1. The molecule has 1 saturated carbocycles. The van der Waals surface area contributed by atoms with Crippen molar-refractivity contribution in [2.75, 3.05) is 6.54 Å². The molecule has 1 aromatic carbocycles. The Morgan fingerprint density at radius 2 is 2.23 bits per heavy atom. The first-order valence-electron chi connectivity index (χ1n) is 7.71. The number of nitrogens with one attached hydrogen (secondary N) is 1. The van der Waals surface area contributed by atoms with Crippen LogP contribution in [-0.4, -0.2) is 28.3 Å². The molecular formula is C17H22N4O. The van der Waals surface area contributed by atoms with Gasteiger partial charge in [0.15, 0.2) is 0 Å². The number of nitrogens with zero attached hydrogens (tertiary/aromatic N) is 2. The quantitative estimate of drug-likeness (QED) is 0.886. The van der Waals surface area contributed by atoms with Gasteiger partial charge in [0.25, 0.3) is 5.91 Å². The number of hydrogen-bond donors (Lipinski definition) is 2. The van der Waals surface area contributed by atoms with E-state index in [1.807, 2.05) is 38.1 Å². The van der Waals surface area contributed by atoms with Crippen LogP contribution in [0, 0.1) is 19.8 Å². The third kappa shape index (κ3) is 3.04. The largest absolute Gasteiger partial charge is 0.350 e. The first kappa shape index (κ1) is 14.8. The smallest absolute Gasteiger partial charge is 0.254 e. The van der Waals surface area contributed by atoms with Crippen molar-refractivity contribution in [2.24, 2.45) is 11.7 Å². The average Bonchev–Trinajstić information content (AvgIpc) is 3.27. The number of nitrogens with two attached hydrogens (primary N) is 1. The normalized spacial score (nSPS) is 15.6. The fraction of sp³-hybridized carbons (Fsp3) is 0.412. The summed E-state index contributed by atoms with van der Waals surface area (Å²) in [6.45, 7) is 4.47. The summed E-state index contributed by atoms with van der Waals surface area (Å²) in [5.41, 5.74) is 9.58. The minimum absolute atomic E-state index is 0.0658. The summed E-state index contributed by atoms with van der Waals surface area (Å²) in [5, 5.41) is 7.27. The van der Waals surface area contributed by atoms with Crippen LogP contribution in [0.15, 0.2) is 30.5 Å². The SMILES string of the molecule is Cc1cccc(-n2ncc(C(=O)NCC(N)C3CC3)c2C)c1. The standard InChI is InChI=1S/C17H22N4O/c1-11-4-3-5-14(8-11)21-12(2)15(9-20-21)17(22)19-10-16(18)13-6-7-13/h3-5,8-9,13,16H,6-7,10,18H2,1-2H3,(H,19,22). The van der Waals surface area contributed by atoms with Crippen molar-refractivity contribution in [3.8, 4) is 5.69 Å². The van der Waals surface area contributed by atoms with E-state index in [0.717, 1.165) is 16.9 Å². The summed E-state index contributed by atoms with van der Waals surface area (Å²) in [7, 11) is 0. The lowest BCUT2D eigenvalue weighted by molar-refractivity contribution is 0.0949. The lowest BCUT2D eigenvalue weighted by Crippen LogP contribution is -2.38. The molecule has 116 valence electrons. The van der Waals surface area contributed by atoms with Crippen molar-refractivity contribution in [3.05, 3.63) is 47.3 Å². The Morgan fingerprint density at radius 1 is 1.45 bits per heavy atom. The van der Waals surface area contributed by atoms with Crippen LogP contribution in [0.4, 0.5) is 0 Å². The van der Waals surface area contributed by atoms with Crippen molar-refractivity contribution < 1.29 is 4.79 Å². The minimum Gasteiger partial charge on any atom is -0.350 e. The molecule has 0 saturated heterocycles. The van der Waals surface area contributed by atoms with Gasteiger partial charge in [-0.15, -0.1) is 0 Å². The molecule has 0 aliphatic heterocycles. The van der Waals surface area contributed by atoms with Gasteiger partial charge in [-0.05, 0) is 50.3 Å². The molecule has 5 heteroatoms. The molecule has 1 amide bonds. The number of rotatable bonds is 5. The highest BCUT2D eigenvalue weighted by molar-refractivity contribution is 5.95.